The smallest absolute Gasteiger partial charge is 0.340 e. The van der Waals surface area contributed by atoms with Crippen LogP contribution in [-0.4, -0.2) is 23.3 Å². The number of fused-ring (bicyclic) bond motifs is 1. The van der Waals surface area contributed by atoms with Gasteiger partial charge in [-0.05, 0) is 30.2 Å². The Morgan fingerprint density at radius 1 is 1.15 bits per heavy atom. The predicted octanol–water partition coefficient (Wildman–Crippen LogP) is 3.32. The largest absolute Gasteiger partial charge is 0.465 e. The fourth-order valence-electron chi connectivity index (χ4n) is 2.24. The summed E-state index contributed by atoms with van der Waals surface area (Å²) in [5, 5.41) is 7.73. The molecule has 0 unspecified atom stereocenters. The Labute approximate surface area is 116 Å². The van der Waals surface area contributed by atoms with Crippen molar-refractivity contribution in [1.82, 2.24) is 10.2 Å². The van der Waals surface area contributed by atoms with E-state index in [1.54, 1.807) is 6.20 Å². The molecule has 0 aliphatic heterocycles. The normalized spacial score (nSPS) is 10.7. The Bertz CT molecular complexity index is 773. The Kier molecular flexibility index (Phi) is 2.99. The summed E-state index contributed by atoms with van der Waals surface area (Å²) < 4.78 is 4.84. The number of hydrogen-bond donors (Lipinski definition) is 1. The van der Waals surface area contributed by atoms with Gasteiger partial charge in [-0.15, -0.1) is 0 Å². The molecular weight excluding hydrogens is 252 g/mol. The number of carbonyl (C=O) groups is 1. The van der Waals surface area contributed by atoms with Gasteiger partial charge < -0.3 is 4.74 Å². The highest BCUT2D eigenvalue weighted by Gasteiger charge is 2.14. The molecule has 20 heavy (non-hydrogen) atoms. The van der Waals surface area contributed by atoms with E-state index < -0.39 is 0 Å². The maximum Gasteiger partial charge on any atom is 0.340 e. The molecule has 0 aliphatic rings. The second-order valence-electron chi connectivity index (χ2n) is 4.72. The molecule has 0 fully saturated rings. The fraction of sp³-hybridized carbons (Fsp3) is 0.125. The highest BCUT2D eigenvalue weighted by molar-refractivity contribution is 6.04. The molecule has 1 aromatic heterocycles. The lowest BCUT2D eigenvalue weighted by atomic mass is 10.00. The third-order valence-corrected chi connectivity index (χ3v) is 3.34. The summed E-state index contributed by atoms with van der Waals surface area (Å²) in [5.74, 6) is -0.367. The summed E-state index contributed by atoms with van der Waals surface area (Å²) >= 11 is 0. The first kappa shape index (κ1) is 12.4. The number of hydrogen-bond acceptors (Lipinski definition) is 3. The van der Waals surface area contributed by atoms with Crippen LogP contribution in [0.2, 0.25) is 0 Å². The van der Waals surface area contributed by atoms with Gasteiger partial charge in [-0.3, -0.25) is 5.10 Å². The zero-order chi connectivity index (χ0) is 14.1. The highest BCUT2D eigenvalue weighted by Crippen LogP contribution is 2.27. The first-order valence-corrected chi connectivity index (χ1v) is 6.31. The SMILES string of the molecule is COC(=O)c1cc(-c2ccc(C)cc2)cc2cn[nH]c12. The topological polar surface area (TPSA) is 55.0 Å². The molecule has 0 saturated heterocycles. The van der Waals surface area contributed by atoms with Crippen LogP contribution in [0.15, 0.2) is 42.6 Å². The maximum absolute atomic E-state index is 11.9. The summed E-state index contributed by atoms with van der Waals surface area (Å²) in [6, 6.07) is 12.0. The van der Waals surface area contributed by atoms with Gasteiger partial charge >= 0.3 is 5.97 Å². The quantitative estimate of drug-likeness (QED) is 0.724. The van der Waals surface area contributed by atoms with E-state index in [9.17, 15) is 4.79 Å². The number of esters is 1. The summed E-state index contributed by atoms with van der Waals surface area (Å²) in [6.45, 7) is 2.04. The van der Waals surface area contributed by atoms with Crippen molar-refractivity contribution in [2.24, 2.45) is 0 Å². The van der Waals surface area contributed by atoms with E-state index in [4.69, 9.17) is 4.74 Å². The minimum absolute atomic E-state index is 0.367. The number of ether oxygens (including phenoxy) is 1. The van der Waals surface area contributed by atoms with Crippen LogP contribution in [0.4, 0.5) is 0 Å². The van der Waals surface area contributed by atoms with E-state index in [0.29, 0.717) is 11.1 Å². The molecule has 2 aromatic carbocycles. The molecule has 3 rings (SSSR count). The third-order valence-electron chi connectivity index (χ3n) is 3.34. The van der Waals surface area contributed by atoms with Crippen LogP contribution >= 0.6 is 0 Å². The standard InChI is InChI=1S/C16H14N2O2/c1-10-3-5-11(6-4-10)12-7-13-9-17-18-15(13)14(8-12)16(19)20-2/h3-9H,1-2H3,(H,17,18). The molecule has 0 atom stereocenters. The van der Waals surface area contributed by atoms with Gasteiger partial charge in [-0.1, -0.05) is 29.8 Å². The summed E-state index contributed by atoms with van der Waals surface area (Å²) in [6.07, 6.45) is 1.71. The lowest BCUT2D eigenvalue weighted by Gasteiger charge is -2.06. The van der Waals surface area contributed by atoms with Crippen LogP contribution in [0.5, 0.6) is 0 Å². The van der Waals surface area contributed by atoms with Crippen LogP contribution in [0.3, 0.4) is 0 Å². The van der Waals surface area contributed by atoms with E-state index in [0.717, 1.165) is 16.5 Å². The third kappa shape index (κ3) is 2.05. The van der Waals surface area contributed by atoms with Crippen LogP contribution in [0, 0.1) is 6.92 Å². The lowest BCUT2D eigenvalue weighted by molar-refractivity contribution is 0.0603. The van der Waals surface area contributed by atoms with Gasteiger partial charge in [0.05, 0.1) is 24.4 Å². The lowest BCUT2D eigenvalue weighted by Crippen LogP contribution is -2.02. The minimum atomic E-state index is -0.367. The van der Waals surface area contributed by atoms with Crippen molar-refractivity contribution in [3.63, 3.8) is 0 Å². The molecular formula is C16H14N2O2. The second kappa shape index (κ2) is 4.81. The summed E-state index contributed by atoms with van der Waals surface area (Å²) in [4.78, 5) is 11.9. The second-order valence-corrected chi connectivity index (χ2v) is 4.72. The number of aromatic amines is 1. The molecule has 0 aliphatic carbocycles. The predicted molar refractivity (Wildman–Crippen MR) is 77.6 cm³/mol. The Hall–Kier alpha value is -2.62. The van der Waals surface area contributed by atoms with Crippen LogP contribution in [0.25, 0.3) is 22.0 Å². The first-order valence-electron chi connectivity index (χ1n) is 6.31. The van der Waals surface area contributed by atoms with Gasteiger partial charge in [-0.25, -0.2) is 4.79 Å². The van der Waals surface area contributed by atoms with Crippen LogP contribution in [0.1, 0.15) is 15.9 Å². The van der Waals surface area contributed by atoms with Crippen molar-refractivity contribution >= 4 is 16.9 Å². The molecule has 1 heterocycles. The summed E-state index contributed by atoms with van der Waals surface area (Å²) in [7, 11) is 1.38. The molecule has 1 N–H and O–H groups in total. The van der Waals surface area contributed by atoms with Crippen molar-refractivity contribution in [3.05, 3.63) is 53.7 Å². The van der Waals surface area contributed by atoms with Gasteiger partial charge in [0.1, 0.15) is 0 Å². The van der Waals surface area contributed by atoms with E-state index >= 15 is 0 Å². The highest BCUT2D eigenvalue weighted by atomic mass is 16.5. The number of aryl methyl sites for hydroxylation is 1. The number of carbonyl (C=O) groups excluding carboxylic acids is 1. The maximum atomic E-state index is 11.9. The van der Waals surface area contributed by atoms with Gasteiger partial charge in [0.15, 0.2) is 0 Å². The van der Waals surface area contributed by atoms with E-state index in [2.05, 4.69) is 10.2 Å². The van der Waals surface area contributed by atoms with E-state index in [1.165, 1.54) is 12.7 Å². The van der Waals surface area contributed by atoms with Crippen molar-refractivity contribution in [2.45, 2.75) is 6.92 Å². The van der Waals surface area contributed by atoms with Crippen molar-refractivity contribution < 1.29 is 9.53 Å². The zero-order valence-corrected chi connectivity index (χ0v) is 11.3. The van der Waals surface area contributed by atoms with Crippen LogP contribution in [-0.2, 0) is 4.74 Å². The number of H-pyrrole nitrogens is 1. The average Bonchev–Trinajstić information content (AvgIpc) is 2.94. The Balaban J connectivity index is 2.21. The minimum Gasteiger partial charge on any atom is -0.465 e. The van der Waals surface area contributed by atoms with Gasteiger partial charge in [-0.2, -0.15) is 5.10 Å². The zero-order valence-electron chi connectivity index (χ0n) is 11.3. The van der Waals surface area contributed by atoms with Crippen LogP contribution < -0.4 is 0 Å². The van der Waals surface area contributed by atoms with E-state index in [1.807, 2.05) is 43.3 Å². The molecule has 0 spiro atoms. The molecule has 4 heteroatoms. The molecule has 0 amide bonds. The fourth-order valence-corrected chi connectivity index (χ4v) is 2.24. The molecule has 0 radical (unpaired) electrons. The molecule has 3 aromatic rings. The molecule has 100 valence electrons. The van der Waals surface area contributed by atoms with Gasteiger partial charge in [0.25, 0.3) is 0 Å². The number of aromatic nitrogens is 2. The van der Waals surface area contributed by atoms with E-state index in [-0.39, 0.29) is 5.97 Å². The monoisotopic (exact) mass is 266 g/mol. The molecule has 4 nitrogen and oxygen atoms in total. The number of nitrogens with one attached hydrogen (secondary N) is 1. The first-order chi connectivity index (χ1) is 9.69. The Morgan fingerprint density at radius 2 is 1.90 bits per heavy atom. The summed E-state index contributed by atoms with van der Waals surface area (Å²) in [5.41, 5.74) is 4.43. The number of nitrogens with zero attached hydrogens (tertiary/aromatic N) is 1. The van der Waals surface area contributed by atoms with Crippen molar-refractivity contribution in [3.8, 4) is 11.1 Å². The van der Waals surface area contributed by atoms with Crippen molar-refractivity contribution in [2.75, 3.05) is 7.11 Å². The number of methoxy groups -OCH3 is 1. The van der Waals surface area contributed by atoms with Gasteiger partial charge in [0.2, 0.25) is 0 Å². The molecule has 0 saturated carbocycles. The van der Waals surface area contributed by atoms with Gasteiger partial charge in [0, 0.05) is 5.39 Å². The number of benzene rings is 2. The number of rotatable bonds is 2. The van der Waals surface area contributed by atoms with Crippen molar-refractivity contribution in [1.29, 1.82) is 0 Å². The Morgan fingerprint density at radius 3 is 2.60 bits per heavy atom. The molecule has 0 bridgehead atoms. The average molecular weight is 266 g/mol.